The van der Waals surface area contributed by atoms with Gasteiger partial charge in [0.1, 0.15) is 0 Å². The maximum Gasteiger partial charge on any atom is 0.240 e. The summed E-state index contributed by atoms with van der Waals surface area (Å²) in [7, 11) is -3.52. The van der Waals surface area contributed by atoms with Crippen molar-refractivity contribution in [2.45, 2.75) is 37.0 Å². The summed E-state index contributed by atoms with van der Waals surface area (Å²) in [6.07, 6.45) is 5.83. The van der Waals surface area contributed by atoms with E-state index >= 15 is 0 Å². The number of halogens is 2. The summed E-state index contributed by atoms with van der Waals surface area (Å²) in [4.78, 5) is 0.126. The molecule has 19 heavy (non-hydrogen) atoms. The fourth-order valence-corrected chi connectivity index (χ4v) is 4.23. The molecule has 0 saturated heterocycles. The average molecular weight is 322 g/mol. The molecule has 1 aliphatic rings. The maximum absolute atomic E-state index is 12.2. The molecule has 0 amide bonds. The Balaban J connectivity index is 2.04. The molecular weight excluding hydrogens is 305 g/mol. The van der Waals surface area contributed by atoms with Gasteiger partial charge in [0.2, 0.25) is 10.0 Å². The van der Waals surface area contributed by atoms with Gasteiger partial charge in [0.05, 0.1) is 4.90 Å². The van der Waals surface area contributed by atoms with E-state index in [1.807, 2.05) is 0 Å². The van der Waals surface area contributed by atoms with Crippen LogP contribution < -0.4 is 4.72 Å². The van der Waals surface area contributed by atoms with Gasteiger partial charge in [-0.3, -0.25) is 0 Å². The Morgan fingerprint density at radius 2 is 1.63 bits per heavy atom. The molecule has 2 rings (SSSR count). The van der Waals surface area contributed by atoms with Crippen LogP contribution in [0.15, 0.2) is 23.1 Å². The Morgan fingerprint density at radius 1 is 1.05 bits per heavy atom. The van der Waals surface area contributed by atoms with Crippen LogP contribution in [0.1, 0.15) is 32.1 Å². The first kappa shape index (κ1) is 15.1. The second-order valence-corrected chi connectivity index (χ2v) is 7.60. The lowest BCUT2D eigenvalue weighted by Crippen LogP contribution is -2.30. The summed E-state index contributed by atoms with van der Waals surface area (Å²) in [6, 6.07) is 4.34. The van der Waals surface area contributed by atoms with Crippen LogP contribution >= 0.6 is 23.2 Å². The fourth-order valence-electron chi connectivity index (χ4n) is 2.39. The minimum absolute atomic E-state index is 0.126. The van der Waals surface area contributed by atoms with Gasteiger partial charge < -0.3 is 0 Å². The standard InChI is InChI=1S/C13H17Cl2NO2S/c14-11-6-12(15)8-13(7-11)19(17,18)16-9-10-4-2-1-3-5-10/h6-8,10,16H,1-5,9H2. The van der Waals surface area contributed by atoms with Crippen LogP contribution in [0.25, 0.3) is 0 Å². The number of nitrogens with one attached hydrogen (secondary N) is 1. The topological polar surface area (TPSA) is 46.2 Å². The summed E-state index contributed by atoms with van der Waals surface area (Å²) in [6.45, 7) is 0.493. The van der Waals surface area contributed by atoms with Crippen molar-refractivity contribution in [1.29, 1.82) is 0 Å². The number of sulfonamides is 1. The van der Waals surface area contributed by atoms with Gasteiger partial charge in [0, 0.05) is 16.6 Å². The lowest BCUT2D eigenvalue weighted by Gasteiger charge is -2.21. The third kappa shape index (κ3) is 4.35. The van der Waals surface area contributed by atoms with Crippen molar-refractivity contribution in [1.82, 2.24) is 4.72 Å². The molecule has 0 heterocycles. The second kappa shape index (κ2) is 6.44. The molecule has 1 saturated carbocycles. The first-order valence-electron chi connectivity index (χ1n) is 6.43. The van der Waals surface area contributed by atoms with E-state index < -0.39 is 10.0 Å². The van der Waals surface area contributed by atoms with Crippen LogP contribution in [-0.2, 0) is 10.0 Å². The van der Waals surface area contributed by atoms with Gasteiger partial charge >= 0.3 is 0 Å². The van der Waals surface area contributed by atoms with E-state index in [4.69, 9.17) is 23.2 Å². The van der Waals surface area contributed by atoms with Crippen LogP contribution in [0.3, 0.4) is 0 Å². The number of hydrogen-bond acceptors (Lipinski definition) is 2. The quantitative estimate of drug-likeness (QED) is 0.915. The van der Waals surface area contributed by atoms with Crippen molar-refractivity contribution in [3.05, 3.63) is 28.2 Å². The van der Waals surface area contributed by atoms with Crippen molar-refractivity contribution in [3.63, 3.8) is 0 Å². The zero-order valence-electron chi connectivity index (χ0n) is 10.5. The summed E-state index contributed by atoms with van der Waals surface area (Å²) in [5.74, 6) is 0.443. The highest BCUT2D eigenvalue weighted by Gasteiger charge is 2.19. The lowest BCUT2D eigenvalue weighted by atomic mass is 9.90. The Bertz CT molecular complexity index is 519. The molecule has 0 unspecified atom stereocenters. The van der Waals surface area contributed by atoms with E-state index in [2.05, 4.69) is 4.72 Å². The van der Waals surface area contributed by atoms with Crippen molar-refractivity contribution in [2.75, 3.05) is 6.54 Å². The Labute approximate surface area is 124 Å². The first-order valence-corrected chi connectivity index (χ1v) is 8.67. The molecule has 0 spiro atoms. The predicted octanol–water partition coefficient (Wildman–Crippen LogP) is 3.85. The van der Waals surface area contributed by atoms with Crippen molar-refractivity contribution in [2.24, 2.45) is 5.92 Å². The molecule has 106 valence electrons. The van der Waals surface area contributed by atoms with E-state index in [-0.39, 0.29) is 4.90 Å². The molecule has 1 aliphatic carbocycles. The normalized spacial score (nSPS) is 17.6. The van der Waals surface area contributed by atoms with E-state index in [1.54, 1.807) is 0 Å². The van der Waals surface area contributed by atoms with E-state index in [0.717, 1.165) is 12.8 Å². The van der Waals surface area contributed by atoms with Gasteiger partial charge in [-0.2, -0.15) is 0 Å². The zero-order valence-corrected chi connectivity index (χ0v) is 12.9. The molecule has 3 nitrogen and oxygen atoms in total. The van der Waals surface area contributed by atoms with Crippen molar-refractivity contribution in [3.8, 4) is 0 Å². The number of rotatable bonds is 4. The average Bonchev–Trinajstić information content (AvgIpc) is 2.37. The molecule has 6 heteroatoms. The summed E-state index contributed by atoms with van der Waals surface area (Å²) >= 11 is 11.7. The molecule has 1 N–H and O–H groups in total. The van der Waals surface area contributed by atoms with Crippen LogP contribution in [0, 0.1) is 5.92 Å². The Morgan fingerprint density at radius 3 is 2.21 bits per heavy atom. The van der Waals surface area contributed by atoms with Gasteiger partial charge in [0.15, 0.2) is 0 Å². The predicted molar refractivity (Wildman–Crippen MR) is 78.2 cm³/mol. The van der Waals surface area contributed by atoms with E-state index in [9.17, 15) is 8.42 Å². The molecule has 0 bridgehead atoms. The Kier molecular flexibility index (Phi) is 5.12. The summed E-state index contributed by atoms with van der Waals surface area (Å²) in [5, 5.41) is 0.649. The highest BCUT2D eigenvalue weighted by molar-refractivity contribution is 7.89. The first-order chi connectivity index (χ1) is 8.97. The third-order valence-electron chi connectivity index (χ3n) is 3.43. The number of hydrogen-bond donors (Lipinski definition) is 1. The van der Waals surface area contributed by atoms with Gasteiger partial charge in [-0.1, -0.05) is 42.5 Å². The molecule has 0 aromatic heterocycles. The largest absolute Gasteiger partial charge is 0.240 e. The monoisotopic (exact) mass is 321 g/mol. The second-order valence-electron chi connectivity index (χ2n) is 4.96. The summed E-state index contributed by atoms with van der Waals surface area (Å²) < 4.78 is 27.0. The highest BCUT2D eigenvalue weighted by Crippen LogP contribution is 2.25. The van der Waals surface area contributed by atoms with Gasteiger partial charge in [-0.25, -0.2) is 13.1 Å². The summed E-state index contributed by atoms with van der Waals surface area (Å²) in [5.41, 5.74) is 0. The van der Waals surface area contributed by atoms with E-state index in [0.29, 0.717) is 22.5 Å². The SMILES string of the molecule is O=S(=O)(NCC1CCCCC1)c1cc(Cl)cc(Cl)c1. The van der Waals surface area contributed by atoms with Gasteiger partial charge in [0.25, 0.3) is 0 Å². The smallest absolute Gasteiger partial charge is 0.211 e. The van der Waals surface area contributed by atoms with Gasteiger partial charge in [-0.05, 0) is 37.0 Å². The van der Waals surface area contributed by atoms with Crippen LogP contribution in [-0.4, -0.2) is 15.0 Å². The van der Waals surface area contributed by atoms with Crippen LogP contribution in [0.4, 0.5) is 0 Å². The minimum atomic E-state index is -3.52. The maximum atomic E-state index is 12.2. The molecule has 1 aromatic rings. The van der Waals surface area contributed by atoms with Crippen molar-refractivity contribution >= 4 is 33.2 Å². The minimum Gasteiger partial charge on any atom is -0.211 e. The molecule has 0 atom stereocenters. The third-order valence-corrected chi connectivity index (χ3v) is 5.27. The van der Waals surface area contributed by atoms with Crippen LogP contribution in [0.5, 0.6) is 0 Å². The zero-order chi connectivity index (χ0) is 13.9. The lowest BCUT2D eigenvalue weighted by molar-refractivity contribution is 0.357. The van der Waals surface area contributed by atoms with Crippen molar-refractivity contribution < 1.29 is 8.42 Å². The molecule has 1 fully saturated rings. The Hall–Kier alpha value is -0.290. The van der Waals surface area contributed by atoms with Crippen LogP contribution in [0.2, 0.25) is 10.0 Å². The fraction of sp³-hybridized carbons (Fsp3) is 0.538. The van der Waals surface area contributed by atoms with E-state index in [1.165, 1.54) is 37.5 Å². The molecule has 0 radical (unpaired) electrons. The van der Waals surface area contributed by atoms with Gasteiger partial charge in [-0.15, -0.1) is 0 Å². The highest BCUT2D eigenvalue weighted by atomic mass is 35.5. The number of benzene rings is 1. The molecule has 1 aromatic carbocycles. The molecule has 0 aliphatic heterocycles. The molecular formula is C13H17Cl2NO2S.